The molecule has 7 heteroatoms. The smallest absolute Gasteiger partial charge is 0.320 e. The Balaban J connectivity index is 1.68. The molecule has 1 atom stereocenters. The number of hydrogen-bond acceptors (Lipinski definition) is 4. The topological polar surface area (TPSA) is 70.1 Å². The number of carboxylic acid groups (broad SMARTS) is 1. The first-order valence-corrected chi connectivity index (χ1v) is 8.06. The Morgan fingerprint density at radius 2 is 2.08 bits per heavy atom. The summed E-state index contributed by atoms with van der Waals surface area (Å²) in [7, 11) is 1.70. The van der Waals surface area contributed by atoms with Gasteiger partial charge in [-0.2, -0.15) is 0 Å². The molecule has 24 heavy (non-hydrogen) atoms. The fraction of sp³-hybridized carbons (Fsp3) is 0.529. The highest BCUT2D eigenvalue weighted by Crippen LogP contribution is 2.17. The Labute approximate surface area is 140 Å². The van der Waals surface area contributed by atoms with E-state index in [0.717, 1.165) is 6.42 Å². The molecule has 6 nitrogen and oxygen atoms in total. The van der Waals surface area contributed by atoms with E-state index in [-0.39, 0.29) is 18.3 Å². The fourth-order valence-corrected chi connectivity index (χ4v) is 2.74. The Bertz CT molecular complexity index is 564. The molecule has 132 valence electrons. The van der Waals surface area contributed by atoms with E-state index in [1.165, 1.54) is 12.1 Å². The molecule has 0 unspecified atom stereocenters. The van der Waals surface area contributed by atoms with E-state index >= 15 is 0 Å². The van der Waals surface area contributed by atoms with Gasteiger partial charge in [-0.25, -0.2) is 4.39 Å². The van der Waals surface area contributed by atoms with E-state index in [2.05, 4.69) is 0 Å². The van der Waals surface area contributed by atoms with Crippen LogP contribution in [-0.4, -0.2) is 66.1 Å². The zero-order chi connectivity index (χ0) is 17.5. The lowest BCUT2D eigenvalue weighted by atomic mass is 10.2. The summed E-state index contributed by atoms with van der Waals surface area (Å²) in [6.45, 7) is 1.72. The minimum absolute atomic E-state index is 0.0927. The highest BCUT2D eigenvalue weighted by atomic mass is 19.1. The van der Waals surface area contributed by atoms with Crippen molar-refractivity contribution in [3.05, 3.63) is 30.1 Å². The van der Waals surface area contributed by atoms with Crippen LogP contribution < -0.4 is 4.74 Å². The summed E-state index contributed by atoms with van der Waals surface area (Å²) in [6, 6.07) is 5.23. The minimum Gasteiger partial charge on any atom is -0.494 e. The lowest BCUT2D eigenvalue weighted by Crippen LogP contribution is -2.43. The number of hydrogen-bond donors (Lipinski definition) is 1. The second-order valence-corrected chi connectivity index (χ2v) is 5.94. The SMILES string of the molecule is CN(CCCOc1ccc(F)cc1)C(=O)CN1CCC[C@H]1C(=O)O. The molecule has 2 rings (SSSR count). The Hall–Kier alpha value is -2.15. The van der Waals surface area contributed by atoms with Gasteiger partial charge in [0.05, 0.1) is 13.2 Å². The van der Waals surface area contributed by atoms with E-state index in [4.69, 9.17) is 9.84 Å². The van der Waals surface area contributed by atoms with Crippen molar-refractivity contribution in [2.45, 2.75) is 25.3 Å². The van der Waals surface area contributed by atoms with Crippen LogP contribution in [0, 0.1) is 5.82 Å². The maximum absolute atomic E-state index is 12.8. The largest absolute Gasteiger partial charge is 0.494 e. The molecule has 1 aromatic carbocycles. The third-order valence-corrected chi connectivity index (χ3v) is 4.13. The van der Waals surface area contributed by atoms with E-state index in [0.29, 0.717) is 38.3 Å². The van der Waals surface area contributed by atoms with Crippen LogP contribution in [0.5, 0.6) is 5.75 Å². The predicted molar refractivity (Wildman–Crippen MR) is 86.4 cm³/mol. The molecule has 0 aromatic heterocycles. The average Bonchev–Trinajstić information content (AvgIpc) is 3.01. The summed E-state index contributed by atoms with van der Waals surface area (Å²) in [5, 5.41) is 9.13. The maximum Gasteiger partial charge on any atom is 0.320 e. The van der Waals surface area contributed by atoms with Crippen molar-refractivity contribution in [1.29, 1.82) is 0 Å². The quantitative estimate of drug-likeness (QED) is 0.729. The number of halogens is 1. The van der Waals surface area contributed by atoms with Crippen LogP contribution in [0.1, 0.15) is 19.3 Å². The number of carboxylic acids is 1. The van der Waals surface area contributed by atoms with Crippen LogP contribution in [0.15, 0.2) is 24.3 Å². The van der Waals surface area contributed by atoms with Gasteiger partial charge < -0.3 is 14.7 Å². The van der Waals surface area contributed by atoms with Gasteiger partial charge in [0, 0.05) is 13.6 Å². The van der Waals surface area contributed by atoms with Gasteiger partial charge in [-0.05, 0) is 50.1 Å². The number of carbonyl (C=O) groups excluding carboxylic acids is 1. The number of aliphatic carboxylic acids is 1. The molecule has 0 saturated carbocycles. The van der Waals surface area contributed by atoms with E-state index in [1.54, 1.807) is 29.0 Å². The van der Waals surface area contributed by atoms with E-state index < -0.39 is 12.0 Å². The van der Waals surface area contributed by atoms with Gasteiger partial charge in [-0.15, -0.1) is 0 Å². The molecule has 1 fully saturated rings. The van der Waals surface area contributed by atoms with Crippen molar-refractivity contribution in [2.75, 3.05) is 33.3 Å². The zero-order valence-corrected chi connectivity index (χ0v) is 13.8. The van der Waals surface area contributed by atoms with Crippen LogP contribution in [0.25, 0.3) is 0 Å². The number of nitrogens with zero attached hydrogens (tertiary/aromatic N) is 2. The summed E-state index contributed by atoms with van der Waals surface area (Å²) in [5.41, 5.74) is 0. The summed E-state index contributed by atoms with van der Waals surface area (Å²) in [6.07, 6.45) is 2.04. The number of benzene rings is 1. The van der Waals surface area contributed by atoms with Crippen molar-refractivity contribution in [3.63, 3.8) is 0 Å². The van der Waals surface area contributed by atoms with Gasteiger partial charge >= 0.3 is 5.97 Å². The average molecular weight is 338 g/mol. The molecular formula is C17H23FN2O4. The number of carbonyl (C=O) groups is 2. The number of rotatable bonds is 8. The van der Waals surface area contributed by atoms with Gasteiger partial charge in [-0.3, -0.25) is 14.5 Å². The molecule has 1 saturated heterocycles. The molecule has 0 radical (unpaired) electrons. The number of likely N-dealkylation sites (N-methyl/N-ethyl adjacent to an activating group) is 1. The molecule has 1 aromatic rings. The van der Waals surface area contributed by atoms with Crippen molar-refractivity contribution in [2.24, 2.45) is 0 Å². The first-order valence-electron chi connectivity index (χ1n) is 8.06. The highest BCUT2D eigenvalue weighted by Gasteiger charge is 2.32. The van der Waals surface area contributed by atoms with Gasteiger partial charge in [0.2, 0.25) is 5.91 Å². The molecule has 0 bridgehead atoms. The standard InChI is InChI=1S/C17H23FN2O4/c1-19(9-3-11-24-14-7-5-13(18)6-8-14)16(21)12-20-10-2-4-15(20)17(22)23/h5-8,15H,2-4,9-12H2,1H3,(H,22,23)/t15-/m0/s1. The van der Waals surface area contributed by atoms with Crippen LogP contribution in [0.4, 0.5) is 4.39 Å². The normalized spacial score (nSPS) is 17.7. The molecule has 0 spiro atoms. The van der Waals surface area contributed by atoms with Gasteiger partial charge in [0.1, 0.15) is 17.6 Å². The summed E-state index contributed by atoms with van der Waals surface area (Å²) in [5.74, 6) is -0.679. The second-order valence-electron chi connectivity index (χ2n) is 5.94. The summed E-state index contributed by atoms with van der Waals surface area (Å²) >= 11 is 0. The monoisotopic (exact) mass is 338 g/mol. The van der Waals surface area contributed by atoms with Crippen LogP contribution in [-0.2, 0) is 9.59 Å². The van der Waals surface area contributed by atoms with Crippen LogP contribution in [0.2, 0.25) is 0 Å². The molecule has 1 aliphatic rings. The van der Waals surface area contributed by atoms with Crippen molar-refractivity contribution in [1.82, 2.24) is 9.80 Å². The van der Waals surface area contributed by atoms with Crippen molar-refractivity contribution >= 4 is 11.9 Å². The molecule has 1 aliphatic heterocycles. The molecule has 1 N–H and O–H groups in total. The lowest BCUT2D eigenvalue weighted by Gasteiger charge is -2.24. The van der Waals surface area contributed by atoms with Crippen molar-refractivity contribution in [3.8, 4) is 5.75 Å². The molecular weight excluding hydrogens is 315 g/mol. The van der Waals surface area contributed by atoms with E-state index in [9.17, 15) is 14.0 Å². The van der Waals surface area contributed by atoms with Gasteiger partial charge in [0.15, 0.2) is 0 Å². The van der Waals surface area contributed by atoms with Crippen molar-refractivity contribution < 1.29 is 23.8 Å². The highest BCUT2D eigenvalue weighted by molar-refractivity contribution is 5.80. The van der Waals surface area contributed by atoms with Crippen LogP contribution in [0.3, 0.4) is 0 Å². The third-order valence-electron chi connectivity index (χ3n) is 4.13. The second kappa shape index (κ2) is 8.63. The molecule has 0 aliphatic carbocycles. The predicted octanol–water partition coefficient (Wildman–Crippen LogP) is 1.60. The number of ether oxygens (including phenoxy) is 1. The minimum atomic E-state index is -0.865. The zero-order valence-electron chi connectivity index (χ0n) is 13.8. The first-order chi connectivity index (χ1) is 11.5. The van der Waals surface area contributed by atoms with Gasteiger partial charge in [-0.1, -0.05) is 0 Å². The summed E-state index contributed by atoms with van der Waals surface area (Å²) < 4.78 is 18.3. The molecule has 1 heterocycles. The first kappa shape index (κ1) is 18.2. The fourth-order valence-electron chi connectivity index (χ4n) is 2.74. The Kier molecular flexibility index (Phi) is 6.54. The Morgan fingerprint density at radius 3 is 2.75 bits per heavy atom. The van der Waals surface area contributed by atoms with Crippen LogP contribution >= 0.6 is 0 Å². The summed E-state index contributed by atoms with van der Waals surface area (Å²) in [4.78, 5) is 26.6. The lowest BCUT2D eigenvalue weighted by molar-refractivity contribution is -0.143. The van der Waals surface area contributed by atoms with Gasteiger partial charge in [0.25, 0.3) is 0 Å². The Morgan fingerprint density at radius 1 is 1.38 bits per heavy atom. The maximum atomic E-state index is 12.8. The number of likely N-dealkylation sites (tertiary alicyclic amines) is 1. The number of amides is 1. The third kappa shape index (κ3) is 5.19. The molecule has 1 amide bonds. The van der Waals surface area contributed by atoms with E-state index in [1.807, 2.05) is 0 Å².